The number of amides is 1. The van der Waals surface area contributed by atoms with Crippen LogP contribution >= 0.6 is 0 Å². The molecule has 3 aromatic carbocycles. The van der Waals surface area contributed by atoms with Crippen LogP contribution in [0.5, 0.6) is 0 Å². The number of nitrogens with zero attached hydrogens (tertiary/aromatic N) is 1. The zero-order valence-corrected chi connectivity index (χ0v) is 17.8. The Morgan fingerprint density at radius 1 is 0.935 bits per heavy atom. The summed E-state index contributed by atoms with van der Waals surface area (Å²) in [6.07, 6.45) is 0.516. The minimum Gasteiger partial charge on any atom is -0.288 e. The van der Waals surface area contributed by atoms with Crippen LogP contribution in [0.4, 0.5) is 0 Å². The van der Waals surface area contributed by atoms with Gasteiger partial charge in [-0.2, -0.15) is 4.31 Å². The van der Waals surface area contributed by atoms with Gasteiger partial charge in [-0.3, -0.25) is 10.0 Å². The molecule has 4 rings (SSSR count). The monoisotopic (exact) mass is 436 g/mol. The second-order valence-corrected chi connectivity index (χ2v) is 9.67. The molecular weight excluding hydrogens is 412 g/mol. The number of carbonyl (C=O) groups is 1. The molecule has 0 saturated heterocycles. The van der Waals surface area contributed by atoms with Gasteiger partial charge in [-0.25, -0.2) is 13.9 Å². The summed E-state index contributed by atoms with van der Waals surface area (Å²) >= 11 is 0. The molecule has 0 aliphatic carbocycles. The fourth-order valence-corrected chi connectivity index (χ4v) is 5.76. The van der Waals surface area contributed by atoms with Gasteiger partial charge >= 0.3 is 0 Å². The number of fused-ring (bicyclic) bond motifs is 1. The first-order valence-electron chi connectivity index (χ1n) is 10.1. The van der Waals surface area contributed by atoms with E-state index < -0.39 is 15.9 Å². The fourth-order valence-electron chi connectivity index (χ4n) is 4.04. The van der Waals surface area contributed by atoms with Crippen molar-refractivity contribution in [2.45, 2.75) is 18.9 Å². The van der Waals surface area contributed by atoms with Crippen molar-refractivity contribution in [1.29, 1.82) is 0 Å². The summed E-state index contributed by atoms with van der Waals surface area (Å²) in [5.41, 5.74) is 5.72. The van der Waals surface area contributed by atoms with Crippen LogP contribution in [0.15, 0.2) is 78.9 Å². The first-order valence-corrected chi connectivity index (χ1v) is 11.7. The van der Waals surface area contributed by atoms with Gasteiger partial charge in [0.05, 0.1) is 5.75 Å². The molecule has 1 heterocycles. The molecule has 2 N–H and O–H groups in total. The molecule has 31 heavy (non-hydrogen) atoms. The Labute approximate surface area is 182 Å². The largest absolute Gasteiger partial charge is 0.288 e. The molecule has 0 spiro atoms. The lowest BCUT2D eigenvalue weighted by atomic mass is 9.93. The molecule has 160 valence electrons. The number of hydrogen-bond donors (Lipinski definition) is 2. The second kappa shape index (κ2) is 9.01. The quantitative estimate of drug-likeness (QED) is 0.458. The van der Waals surface area contributed by atoms with E-state index in [9.17, 15) is 13.2 Å². The first-order chi connectivity index (χ1) is 15.0. The van der Waals surface area contributed by atoms with Crippen molar-refractivity contribution in [3.8, 4) is 0 Å². The molecule has 1 aliphatic rings. The van der Waals surface area contributed by atoms with E-state index in [1.165, 1.54) is 4.31 Å². The van der Waals surface area contributed by atoms with Crippen LogP contribution in [0.1, 0.15) is 38.5 Å². The van der Waals surface area contributed by atoms with Crippen molar-refractivity contribution in [3.05, 3.63) is 107 Å². The van der Waals surface area contributed by atoms with Crippen LogP contribution in [0, 0.1) is 0 Å². The highest BCUT2D eigenvalue weighted by molar-refractivity contribution is 7.89. The van der Waals surface area contributed by atoms with Gasteiger partial charge < -0.3 is 0 Å². The van der Waals surface area contributed by atoms with Crippen molar-refractivity contribution in [3.63, 3.8) is 0 Å². The SMILES string of the molecule is O=C(NO)c1ccc2c(c1)CCN(S(=O)(=O)CC(c1ccccc1)c1ccccc1)C2. The van der Waals surface area contributed by atoms with Gasteiger partial charge in [0, 0.05) is 24.6 Å². The Hall–Kier alpha value is -3.00. The molecule has 0 atom stereocenters. The molecular formula is C24H24N2O4S. The van der Waals surface area contributed by atoms with Crippen molar-refractivity contribution >= 4 is 15.9 Å². The molecule has 0 unspecified atom stereocenters. The lowest BCUT2D eigenvalue weighted by molar-refractivity contribution is 0.0706. The minimum absolute atomic E-state index is 0.0125. The number of rotatable bonds is 6. The number of sulfonamides is 1. The number of benzene rings is 3. The first kappa shape index (κ1) is 21.2. The Morgan fingerprint density at radius 2 is 1.55 bits per heavy atom. The van der Waals surface area contributed by atoms with E-state index in [4.69, 9.17) is 5.21 Å². The molecule has 1 amide bonds. The van der Waals surface area contributed by atoms with E-state index in [0.717, 1.165) is 22.3 Å². The molecule has 0 bridgehead atoms. The molecule has 7 heteroatoms. The van der Waals surface area contributed by atoms with E-state index in [0.29, 0.717) is 18.5 Å². The van der Waals surface area contributed by atoms with Crippen LogP contribution in [-0.2, 0) is 23.0 Å². The maximum absolute atomic E-state index is 13.4. The maximum Gasteiger partial charge on any atom is 0.274 e. The molecule has 0 aromatic heterocycles. The summed E-state index contributed by atoms with van der Waals surface area (Å²) in [6.45, 7) is 0.630. The predicted molar refractivity (Wildman–Crippen MR) is 118 cm³/mol. The van der Waals surface area contributed by atoms with Crippen molar-refractivity contribution < 1.29 is 18.4 Å². The number of nitrogens with one attached hydrogen (secondary N) is 1. The summed E-state index contributed by atoms with van der Waals surface area (Å²) in [5, 5.41) is 8.83. The molecule has 3 aromatic rings. The summed E-state index contributed by atoms with van der Waals surface area (Å²) < 4.78 is 28.3. The fraction of sp³-hybridized carbons (Fsp3) is 0.208. The van der Waals surface area contributed by atoms with Gasteiger partial charge in [-0.15, -0.1) is 0 Å². The van der Waals surface area contributed by atoms with Gasteiger partial charge in [0.2, 0.25) is 10.0 Å². The molecule has 6 nitrogen and oxygen atoms in total. The topological polar surface area (TPSA) is 86.7 Å². The Kier molecular flexibility index (Phi) is 6.18. The minimum atomic E-state index is -3.54. The van der Waals surface area contributed by atoms with Crippen molar-refractivity contribution in [1.82, 2.24) is 9.79 Å². The van der Waals surface area contributed by atoms with E-state index in [2.05, 4.69) is 0 Å². The average molecular weight is 437 g/mol. The maximum atomic E-state index is 13.4. The van der Waals surface area contributed by atoms with E-state index in [1.807, 2.05) is 60.7 Å². The van der Waals surface area contributed by atoms with E-state index in [-0.39, 0.29) is 18.2 Å². The van der Waals surface area contributed by atoms with Crippen molar-refractivity contribution in [2.24, 2.45) is 0 Å². The van der Waals surface area contributed by atoms with Gasteiger partial charge in [0.1, 0.15) is 0 Å². The molecule has 1 aliphatic heterocycles. The number of carbonyl (C=O) groups excluding carboxylic acids is 1. The highest BCUT2D eigenvalue weighted by Crippen LogP contribution is 2.29. The van der Waals surface area contributed by atoms with E-state index >= 15 is 0 Å². The van der Waals surface area contributed by atoms with Crippen LogP contribution in [0.2, 0.25) is 0 Å². The average Bonchev–Trinajstić information content (AvgIpc) is 2.82. The van der Waals surface area contributed by atoms with Gasteiger partial charge in [-0.05, 0) is 40.8 Å². The van der Waals surface area contributed by atoms with Gasteiger partial charge in [0.25, 0.3) is 5.91 Å². The Bertz CT molecular complexity index is 1130. The van der Waals surface area contributed by atoms with Gasteiger partial charge in [-0.1, -0.05) is 66.7 Å². The highest BCUT2D eigenvalue weighted by atomic mass is 32.2. The Morgan fingerprint density at radius 3 is 2.13 bits per heavy atom. The third-order valence-corrected chi connectivity index (χ3v) is 7.57. The van der Waals surface area contributed by atoms with Crippen LogP contribution in [0.3, 0.4) is 0 Å². The lowest BCUT2D eigenvalue weighted by Gasteiger charge is -2.30. The standard InChI is InChI=1S/C24H24N2O4S/c27-24(25-28)21-11-12-22-16-26(14-13-20(22)15-21)31(29,30)17-23(18-7-3-1-4-8-18)19-9-5-2-6-10-19/h1-12,15,23,28H,13-14,16-17H2,(H,25,27). The van der Waals surface area contributed by atoms with E-state index in [1.54, 1.807) is 23.7 Å². The molecule has 0 fully saturated rings. The predicted octanol–water partition coefficient (Wildman–Crippen LogP) is 3.33. The summed E-state index contributed by atoms with van der Waals surface area (Å²) in [6, 6.07) is 24.5. The zero-order valence-electron chi connectivity index (χ0n) is 16.9. The molecule has 0 saturated carbocycles. The smallest absolute Gasteiger partial charge is 0.274 e. The summed E-state index contributed by atoms with van der Waals surface area (Å²) in [5.74, 6) is -0.850. The van der Waals surface area contributed by atoms with Crippen LogP contribution < -0.4 is 5.48 Å². The summed E-state index contributed by atoms with van der Waals surface area (Å²) in [4.78, 5) is 11.6. The second-order valence-electron chi connectivity index (χ2n) is 7.66. The van der Waals surface area contributed by atoms with Crippen LogP contribution in [-0.4, -0.2) is 36.1 Å². The number of hydroxylamine groups is 1. The molecule has 0 radical (unpaired) electrons. The normalized spacial score (nSPS) is 14.3. The Balaban J connectivity index is 1.58. The highest BCUT2D eigenvalue weighted by Gasteiger charge is 2.31. The zero-order chi connectivity index (χ0) is 21.8. The third-order valence-electron chi connectivity index (χ3n) is 5.72. The van der Waals surface area contributed by atoms with Crippen LogP contribution in [0.25, 0.3) is 0 Å². The lowest BCUT2D eigenvalue weighted by Crippen LogP contribution is -2.39. The summed E-state index contributed by atoms with van der Waals surface area (Å²) in [7, 11) is -3.54. The van der Waals surface area contributed by atoms with Gasteiger partial charge in [0.15, 0.2) is 0 Å². The van der Waals surface area contributed by atoms with Crippen molar-refractivity contribution in [2.75, 3.05) is 12.3 Å². The third kappa shape index (κ3) is 4.69. The number of hydrogen-bond acceptors (Lipinski definition) is 4.